The van der Waals surface area contributed by atoms with Gasteiger partial charge in [-0.05, 0) is 25.3 Å². The largest absolute Gasteiger partial charge is 0.466 e. The van der Waals surface area contributed by atoms with E-state index in [0.717, 1.165) is 12.0 Å². The van der Waals surface area contributed by atoms with E-state index in [2.05, 4.69) is 5.32 Å². The minimum atomic E-state index is -0.211. The number of esters is 1. The van der Waals surface area contributed by atoms with Gasteiger partial charge in [-0.3, -0.25) is 9.59 Å². The summed E-state index contributed by atoms with van der Waals surface area (Å²) >= 11 is 0. The van der Waals surface area contributed by atoms with E-state index >= 15 is 0 Å². The van der Waals surface area contributed by atoms with Gasteiger partial charge in [-0.1, -0.05) is 37.3 Å². The molecule has 0 aliphatic carbocycles. The van der Waals surface area contributed by atoms with Gasteiger partial charge in [-0.15, -0.1) is 0 Å². The molecule has 1 aromatic carbocycles. The number of rotatable bonds is 8. The molecule has 110 valence electrons. The third-order valence-electron chi connectivity index (χ3n) is 3.09. The number of amides is 1. The average molecular weight is 277 g/mol. The Kier molecular flexibility index (Phi) is 7.40. The van der Waals surface area contributed by atoms with Crippen LogP contribution in [0, 0.1) is 0 Å². The van der Waals surface area contributed by atoms with Gasteiger partial charge < -0.3 is 10.1 Å². The third kappa shape index (κ3) is 5.43. The van der Waals surface area contributed by atoms with Crippen LogP contribution in [-0.2, 0) is 14.3 Å². The molecule has 1 N–H and O–H groups in total. The summed E-state index contributed by atoms with van der Waals surface area (Å²) in [4.78, 5) is 23.3. The highest BCUT2D eigenvalue weighted by Gasteiger charge is 2.17. The number of hydrogen-bond acceptors (Lipinski definition) is 3. The Hall–Kier alpha value is -1.84. The second-order valence-electron chi connectivity index (χ2n) is 4.57. The van der Waals surface area contributed by atoms with Crippen LogP contribution in [0.5, 0.6) is 0 Å². The number of benzene rings is 1. The summed E-state index contributed by atoms with van der Waals surface area (Å²) in [6.07, 6.45) is 1.71. The Labute approximate surface area is 120 Å². The van der Waals surface area contributed by atoms with Crippen LogP contribution in [0.15, 0.2) is 30.3 Å². The number of carbonyl (C=O) groups excluding carboxylic acids is 2. The van der Waals surface area contributed by atoms with Crippen LogP contribution >= 0.6 is 0 Å². The molecule has 20 heavy (non-hydrogen) atoms. The summed E-state index contributed by atoms with van der Waals surface area (Å²) in [5, 5.41) is 2.88. The lowest BCUT2D eigenvalue weighted by Crippen LogP contribution is -2.30. The maximum absolute atomic E-state index is 12.1. The van der Waals surface area contributed by atoms with Gasteiger partial charge in [-0.2, -0.15) is 0 Å². The van der Waals surface area contributed by atoms with E-state index in [1.165, 1.54) is 0 Å². The Morgan fingerprint density at radius 2 is 1.90 bits per heavy atom. The molecule has 0 spiro atoms. The molecular weight excluding hydrogens is 254 g/mol. The van der Waals surface area contributed by atoms with Gasteiger partial charge in [0.2, 0.25) is 5.91 Å². The summed E-state index contributed by atoms with van der Waals surface area (Å²) in [5.74, 6) is -0.321. The molecular formula is C16H23NO3. The van der Waals surface area contributed by atoms with Gasteiger partial charge in [0.25, 0.3) is 0 Å². The van der Waals surface area contributed by atoms with Crippen LogP contribution in [0.25, 0.3) is 0 Å². The Morgan fingerprint density at radius 3 is 2.50 bits per heavy atom. The molecule has 0 heterocycles. The molecule has 1 rings (SSSR count). The van der Waals surface area contributed by atoms with Crippen molar-refractivity contribution in [2.75, 3.05) is 13.2 Å². The molecule has 4 heteroatoms. The van der Waals surface area contributed by atoms with Gasteiger partial charge in [0.05, 0.1) is 12.5 Å². The van der Waals surface area contributed by atoms with E-state index < -0.39 is 0 Å². The lowest BCUT2D eigenvalue weighted by molar-refractivity contribution is -0.143. The Bertz CT molecular complexity index is 417. The van der Waals surface area contributed by atoms with Crippen molar-refractivity contribution in [3.8, 4) is 0 Å². The maximum atomic E-state index is 12.1. The molecule has 0 fully saturated rings. The van der Waals surface area contributed by atoms with Crippen molar-refractivity contribution in [1.82, 2.24) is 5.32 Å². The predicted molar refractivity (Wildman–Crippen MR) is 78.4 cm³/mol. The molecule has 4 nitrogen and oxygen atoms in total. The third-order valence-corrected chi connectivity index (χ3v) is 3.09. The summed E-state index contributed by atoms with van der Waals surface area (Å²) in [7, 11) is 0. The number of nitrogens with one attached hydrogen (secondary N) is 1. The van der Waals surface area contributed by atoms with Crippen molar-refractivity contribution in [3.05, 3.63) is 35.9 Å². The Balaban J connectivity index is 2.36. The smallest absolute Gasteiger partial charge is 0.305 e. The lowest BCUT2D eigenvalue weighted by Gasteiger charge is -2.15. The fourth-order valence-electron chi connectivity index (χ4n) is 2.06. The SMILES string of the molecule is CCOC(=O)CCCNC(=O)C(CC)c1ccccc1. The zero-order chi connectivity index (χ0) is 14.8. The number of carbonyl (C=O) groups is 2. The highest BCUT2D eigenvalue weighted by atomic mass is 16.5. The van der Waals surface area contributed by atoms with Gasteiger partial charge >= 0.3 is 5.97 Å². The van der Waals surface area contributed by atoms with Crippen LogP contribution in [0.4, 0.5) is 0 Å². The highest BCUT2D eigenvalue weighted by Crippen LogP contribution is 2.19. The average Bonchev–Trinajstić information content (AvgIpc) is 2.46. The predicted octanol–water partition coefficient (Wildman–Crippen LogP) is 2.64. The molecule has 0 radical (unpaired) electrons. The molecule has 1 amide bonds. The second-order valence-corrected chi connectivity index (χ2v) is 4.57. The van der Waals surface area contributed by atoms with Crippen molar-refractivity contribution < 1.29 is 14.3 Å². The summed E-state index contributed by atoms with van der Waals surface area (Å²) in [6.45, 7) is 4.68. The van der Waals surface area contributed by atoms with Gasteiger partial charge in [0, 0.05) is 13.0 Å². The van der Waals surface area contributed by atoms with Gasteiger partial charge in [0.15, 0.2) is 0 Å². The minimum Gasteiger partial charge on any atom is -0.466 e. The molecule has 1 unspecified atom stereocenters. The van der Waals surface area contributed by atoms with E-state index in [4.69, 9.17) is 4.74 Å². The first-order valence-electron chi connectivity index (χ1n) is 7.17. The van der Waals surface area contributed by atoms with Crippen LogP contribution in [0.2, 0.25) is 0 Å². The van der Waals surface area contributed by atoms with Crippen LogP contribution in [0.1, 0.15) is 44.6 Å². The zero-order valence-electron chi connectivity index (χ0n) is 12.2. The van der Waals surface area contributed by atoms with E-state index in [0.29, 0.717) is 26.0 Å². The first-order valence-corrected chi connectivity index (χ1v) is 7.17. The van der Waals surface area contributed by atoms with E-state index in [1.807, 2.05) is 37.3 Å². The summed E-state index contributed by atoms with van der Waals surface area (Å²) in [5.41, 5.74) is 1.03. The summed E-state index contributed by atoms with van der Waals surface area (Å²) < 4.78 is 4.84. The highest BCUT2D eigenvalue weighted by molar-refractivity contribution is 5.83. The molecule has 0 saturated heterocycles. The molecule has 0 bridgehead atoms. The Morgan fingerprint density at radius 1 is 1.20 bits per heavy atom. The van der Waals surface area contributed by atoms with Crippen LogP contribution in [0.3, 0.4) is 0 Å². The molecule has 0 aliphatic rings. The molecule has 0 aromatic heterocycles. The molecule has 1 atom stereocenters. The standard InChI is InChI=1S/C16H23NO3/c1-3-14(13-9-6-5-7-10-13)16(19)17-12-8-11-15(18)20-4-2/h5-7,9-10,14H,3-4,8,11-12H2,1-2H3,(H,17,19). The van der Waals surface area contributed by atoms with Crippen molar-refractivity contribution in [2.24, 2.45) is 0 Å². The second kappa shape index (κ2) is 9.13. The maximum Gasteiger partial charge on any atom is 0.305 e. The van der Waals surface area contributed by atoms with Crippen molar-refractivity contribution in [2.45, 2.75) is 39.0 Å². The van der Waals surface area contributed by atoms with Crippen LogP contribution < -0.4 is 5.32 Å². The monoisotopic (exact) mass is 277 g/mol. The number of ether oxygens (including phenoxy) is 1. The van der Waals surface area contributed by atoms with E-state index in [9.17, 15) is 9.59 Å². The van der Waals surface area contributed by atoms with Crippen molar-refractivity contribution >= 4 is 11.9 Å². The zero-order valence-corrected chi connectivity index (χ0v) is 12.2. The fraction of sp³-hybridized carbons (Fsp3) is 0.500. The van der Waals surface area contributed by atoms with E-state index in [1.54, 1.807) is 6.92 Å². The van der Waals surface area contributed by atoms with E-state index in [-0.39, 0.29) is 17.8 Å². The minimum absolute atomic E-state index is 0.0163. The lowest BCUT2D eigenvalue weighted by atomic mass is 9.95. The van der Waals surface area contributed by atoms with Crippen molar-refractivity contribution in [3.63, 3.8) is 0 Å². The normalized spacial score (nSPS) is 11.7. The number of hydrogen-bond donors (Lipinski definition) is 1. The van der Waals surface area contributed by atoms with Gasteiger partial charge in [0.1, 0.15) is 0 Å². The molecule has 0 aliphatic heterocycles. The topological polar surface area (TPSA) is 55.4 Å². The summed E-state index contributed by atoms with van der Waals surface area (Å²) in [6, 6.07) is 9.74. The van der Waals surface area contributed by atoms with Gasteiger partial charge in [-0.25, -0.2) is 0 Å². The van der Waals surface area contributed by atoms with Crippen LogP contribution in [-0.4, -0.2) is 25.0 Å². The molecule has 1 aromatic rings. The first-order chi connectivity index (χ1) is 9.69. The first kappa shape index (κ1) is 16.2. The molecule has 0 saturated carbocycles. The quantitative estimate of drug-likeness (QED) is 0.587. The van der Waals surface area contributed by atoms with Crippen molar-refractivity contribution in [1.29, 1.82) is 0 Å². The fourth-order valence-corrected chi connectivity index (χ4v) is 2.06.